The van der Waals surface area contributed by atoms with Gasteiger partial charge in [0.1, 0.15) is 22.8 Å². The fourth-order valence-corrected chi connectivity index (χ4v) is 4.41. The Morgan fingerprint density at radius 2 is 1.70 bits per heavy atom. The zero-order valence-electron chi connectivity index (χ0n) is 22.7. The molecule has 0 bridgehead atoms. The summed E-state index contributed by atoms with van der Waals surface area (Å²) < 4.78 is 37.5. The predicted octanol–water partition coefficient (Wildman–Crippen LogP) is 3.82. The van der Waals surface area contributed by atoms with Gasteiger partial charge in [-0.15, -0.1) is 0 Å². The SMILES string of the molecule is COC(=O)c1c(F)ccc2c1CN(c1ccc(B3OC(C)(C)C(C)(C)O3)c(C(=O)OC(C)(C)C)n1)CC2. The quantitative estimate of drug-likeness (QED) is 0.452. The molecule has 4 rings (SSSR count). The number of anilines is 1. The molecule has 1 saturated heterocycles. The standard InChI is InChI=1S/C27H34BFN2O6/c1-25(2,3)35-24(33)22-18(28-36-26(4,5)27(6,7)37-28)10-12-20(30-22)31-14-13-16-9-11-19(29)21(17(16)15-31)23(32)34-8/h9-12H,13-15H2,1-8H3. The van der Waals surface area contributed by atoms with Crippen LogP contribution < -0.4 is 10.4 Å². The lowest BCUT2D eigenvalue weighted by Gasteiger charge is -2.32. The number of nitrogens with zero attached hydrogens (tertiary/aromatic N) is 2. The van der Waals surface area contributed by atoms with E-state index in [2.05, 4.69) is 0 Å². The van der Waals surface area contributed by atoms with E-state index in [9.17, 15) is 14.0 Å². The third kappa shape index (κ3) is 5.22. The van der Waals surface area contributed by atoms with Gasteiger partial charge in [0.15, 0.2) is 5.69 Å². The Hall–Kier alpha value is -2.98. The molecule has 10 heteroatoms. The normalized spacial score (nSPS) is 18.4. The average Bonchev–Trinajstić information content (AvgIpc) is 3.03. The molecule has 1 aromatic carbocycles. The fourth-order valence-electron chi connectivity index (χ4n) is 4.41. The molecule has 2 aliphatic heterocycles. The largest absolute Gasteiger partial charge is 0.497 e. The van der Waals surface area contributed by atoms with Crippen molar-refractivity contribution in [2.75, 3.05) is 18.6 Å². The van der Waals surface area contributed by atoms with Crippen molar-refractivity contribution in [3.63, 3.8) is 0 Å². The number of esters is 2. The summed E-state index contributed by atoms with van der Waals surface area (Å²) in [6, 6.07) is 6.51. The maximum atomic E-state index is 14.6. The highest BCUT2D eigenvalue weighted by Crippen LogP contribution is 2.37. The van der Waals surface area contributed by atoms with Crippen molar-refractivity contribution in [2.45, 2.75) is 78.2 Å². The van der Waals surface area contributed by atoms with Crippen molar-refractivity contribution in [1.82, 2.24) is 4.98 Å². The number of rotatable bonds is 4. The average molecular weight is 512 g/mol. The Morgan fingerprint density at radius 3 is 2.30 bits per heavy atom. The summed E-state index contributed by atoms with van der Waals surface area (Å²) in [4.78, 5) is 32.2. The summed E-state index contributed by atoms with van der Waals surface area (Å²) >= 11 is 0. The molecule has 8 nitrogen and oxygen atoms in total. The van der Waals surface area contributed by atoms with Gasteiger partial charge in [-0.05, 0) is 78.1 Å². The number of ether oxygens (including phenoxy) is 2. The first kappa shape index (κ1) is 27.1. The van der Waals surface area contributed by atoms with Crippen molar-refractivity contribution in [3.05, 3.63) is 52.5 Å². The monoisotopic (exact) mass is 512 g/mol. The number of fused-ring (bicyclic) bond motifs is 1. The third-order valence-electron chi connectivity index (χ3n) is 7.08. The highest BCUT2D eigenvalue weighted by Gasteiger charge is 2.53. The molecule has 198 valence electrons. The van der Waals surface area contributed by atoms with Crippen LogP contribution in [0.2, 0.25) is 0 Å². The molecule has 0 N–H and O–H groups in total. The van der Waals surface area contributed by atoms with Crippen LogP contribution in [0.4, 0.5) is 10.2 Å². The lowest BCUT2D eigenvalue weighted by molar-refractivity contribution is 0.00578. The topological polar surface area (TPSA) is 87.2 Å². The lowest BCUT2D eigenvalue weighted by atomic mass is 9.77. The Kier molecular flexibility index (Phi) is 6.88. The van der Waals surface area contributed by atoms with Crippen LogP contribution in [0.3, 0.4) is 0 Å². The second-order valence-corrected chi connectivity index (χ2v) is 11.4. The smallest absolute Gasteiger partial charge is 0.465 e. The minimum absolute atomic E-state index is 0.0779. The number of carbonyl (C=O) groups excluding carboxylic acids is 2. The second-order valence-electron chi connectivity index (χ2n) is 11.4. The van der Waals surface area contributed by atoms with Crippen molar-refractivity contribution in [2.24, 2.45) is 0 Å². The van der Waals surface area contributed by atoms with Gasteiger partial charge >= 0.3 is 19.1 Å². The van der Waals surface area contributed by atoms with Gasteiger partial charge in [0.2, 0.25) is 0 Å². The molecule has 1 aromatic heterocycles. The van der Waals surface area contributed by atoms with E-state index in [1.807, 2.05) is 32.6 Å². The summed E-state index contributed by atoms with van der Waals surface area (Å²) in [5, 5.41) is 0. The molecule has 1 fully saturated rings. The van der Waals surface area contributed by atoms with Gasteiger partial charge in [-0.3, -0.25) is 0 Å². The van der Waals surface area contributed by atoms with E-state index < -0.39 is 41.7 Å². The van der Waals surface area contributed by atoms with Gasteiger partial charge in [-0.1, -0.05) is 12.1 Å². The maximum absolute atomic E-state index is 14.6. The molecule has 0 atom stereocenters. The van der Waals surface area contributed by atoms with Gasteiger partial charge in [0.05, 0.1) is 18.3 Å². The molecular formula is C27H34BFN2O6. The van der Waals surface area contributed by atoms with Crippen LogP contribution in [-0.2, 0) is 31.7 Å². The predicted molar refractivity (Wildman–Crippen MR) is 138 cm³/mol. The number of pyridine rings is 1. The van der Waals surface area contributed by atoms with Crippen molar-refractivity contribution < 1.29 is 32.8 Å². The van der Waals surface area contributed by atoms with Gasteiger partial charge < -0.3 is 23.7 Å². The zero-order chi connectivity index (χ0) is 27.3. The highest BCUT2D eigenvalue weighted by molar-refractivity contribution is 6.63. The van der Waals surface area contributed by atoms with Crippen LogP contribution in [0.1, 0.15) is 80.4 Å². The molecule has 0 saturated carbocycles. The minimum Gasteiger partial charge on any atom is -0.465 e. The third-order valence-corrected chi connectivity index (χ3v) is 7.08. The molecule has 37 heavy (non-hydrogen) atoms. The van der Waals surface area contributed by atoms with Gasteiger partial charge in [-0.2, -0.15) is 0 Å². The van der Waals surface area contributed by atoms with E-state index in [1.165, 1.54) is 13.2 Å². The Balaban J connectivity index is 1.74. The molecule has 0 spiro atoms. The number of hydrogen-bond donors (Lipinski definition) is 0. The van der Waals surface area contributed by atoms with E-state index in [0.717, 1.165) is 5.56 Å². The number of methoxy groups -OCH3 is 1. The number of aromatic nitrogens is 1. The first-order valence-electron chi connectivity index (χ1n) is 12.4. The minimum atomic E-state index is -0.809. The van der Waals surface area contributed by atoms with E-state index in [-0.39, 0.29) is 17.8 Å². The Bertz CT molecular complexity index is 1220. The van der Waals surface area contributed by atoms with Crippen LogP contribution in [-0.4, -0.2) is 54.5 Å². The number of hydrogen-bond acceptors (Lipinski definition) is 8. The molecule has 2 aliphatic rings. The molecular weight excluding hydrogens is 478 g/mol. The van der Waals surface area contributed by atoms with E-state index in [1.54, 1.807) is 39.0 Å². The van der Waals surface area contributed by atoms with Crippen LogP contribution in [0.15, 0.2) is 24.3 Å². The molecule has 0 unspecified atom stereocenters. The van der Waals surface area contributed by atoms with Crippen molar-refractivity contribution in [3.8, 4) is 0 Å². The van der Waals surface area contributed by atoms with Crippen molar-refractivity contribution in [1.29, 1.82) is 0 Å². The lowest BCUT2D eigenvalue weighted by Crippen LogP contribution is -2.41. The first-order valence-corrected chi connectivity index (χ1v) is 12.4. The van der Waals surface area contributed by atoms with Gasteiger partial charge in [0, 0.05) is 18.6 Å². The summed E-state index contributed by atoms with van der Waals surface area (Å²) in [6.07, 6.45) is 0.571. The molecule has 0 amide bonds. The Morgan fingerprint density at radius 1 is 1.05 bits per heavy atom. The summed E-state index contributed by atoms with van der Waals surface area (Å²) in [6.45, 7) is 13.9. The maximum Gasteiger partial charge on any atom is 0.497 e. The number of halogens is 1. The van der Waals surface area contributed by atoms with Crippen LogP contribution >= 0.6 is 0 Å². The molecule has 0 aliphatic carbocycles. The Labute approximate surface area is 217 Å². The highest BCUT2D eigenvalue weighted by atomic mass is 19.1. The van der Waals surface area contributed by atoms with E-state index in [4.69, 9.17) is 23.8 Å². The summed E-state index contributed by atoms with van der Waals surface area (Å²) in [7, 11) is 0.418. The number of benzene rings is 1. The summed E-state index contributed by atoms with van der Waals surface area (Å²) in [5.41, 5.74) is -0.0452. The molecule has 2 aromatic rings. The first-order chi connectivity index (χ1) is 17.1. The van der Waals surface area contributed by atoms with E-state index in [0.29, 0.717) is 29.8 Å². The van der Waals surface area contributed by atoms with Gasteiger partial charge in [0.25, 0.3) is 0 Å². The summed E-state index contributed by atoms with van der Waals surface area (Å²) in [5.74, 6) is -1.47. The van der Waals surface area contributed by atoms with Crippen LogP contribution in [0.5, 0.6) is 0 Å². The van der Waals surface area contributed by atoms with Crippen molar-refractivity contribution >= 4 is 30.3 Å². The zero-order valence-corrected chi connectivity index (χ0v) is 22.7. The van der Waals surface area contributed by atoms with Crippen LogP contribution in [0, 0.1) is 5.82 Å². The molecule has 3 heterocycles. The number of carbonyl (C=O) groups is 2. The molecule has 0 radical (unpaired) electrons. The van der Waals surface area contributed by atoms with Crippen LogP contribution in [0.25, 0.3) is 0 Å². The van der Waals surface area contributed by atoms with E-state index >= 15 is 0 Å². The fraction of sp³-hybridized carbons (Fsp3) is 0.519. The van der Waals surface area contributed by atoms with Gasteiger partial charge in [-0.25, -0.2) is 19.0 Å². The second kappa shape index (κ2) is 9.40.